The molecule has 0 aromatic heterocycles. The summed E-state index contributed by atoms with van der Waals surface area (Å²) in [5.41, 5.74) is 7.01. The lowest BCUT2D eigenvalue weighted by atomic mass is 9.94. The van der Waals surface area contributed by atoms with Crippen LogP contribution in [0, 0.1) is 0 Å². The molecule has 1 rings (SSSR count). The maximum absolute atomic E-state index is 10.0. The van der Waals surface area contributed by atoms with E-state index in [0.29, 0.717) is 12.0 Å². The van der Waals surface area contributed by atoms with Crippen molar-refractivity contribution >= 4 is 0 Å². The lowest BCUT2D eigenvalue weighted by Gasteiger charge is -2.28. The molecular weight excluding hydrogens is 290 g/mol. The van der Waals surface area contributed by atoms with E-state index < -0.39 is 37.1 Å². The summed E-state index contributed by atoms with van der Waals surface area (Å²) in [4.78, 5) is 0. The van der Waals surface area contributed by atoms with Crippen molar-refractivity contribution < 1.29 is 30.6 Å². The number of hydrogen-bond acceptors (Lipinski definition) is 7. The third kappa shape index (κ3) is 4.99. The fourth-order valence-corrected chi connectivity index (χ4v) is 2.14. The number of benzene rings is 1. The Kier molecular flexibility index (Phi) is 7.37. The smallest absolute Gasteiger partial charge is 0.113 e. The summed E-state index contributed by atoms with van der Waals surface area (Å²) in [5, 5.41) is 57.2. The van der Waals surface area contributed by atoms with E-state index in [9.17, 15) is 25.5 Å². The quantitative estimate of drug-likeness (QED) is 0.295. The van der Waals surface area contributed by atoms with E-state index in [4.69, 9.17) is 10.8 Å². The predicted molar refractivity (Wildman–Crippen MR) is 79.9 cm³/mol. The molecule has 0 amide bonds. The Morgan fingerprint density at radius 3 is 1.91 bits per heavy atom. The molecular formula is C15H25NO6. The Balaban J connectivity index is 2.75. The van der Waals surface area contributed by atoms with Crippen LogP contribution in [0.3, 0.4) is 0 Å². The van der Waals surface area contributed by atoms with Crippen molar-refractivity contribution in [3.63, 3.8) is 0 Å². The van der Waals surface area contributed by atoms with Crippen molar-refractivity contribution in [2.75, 3.05) is 6.61 Å². The van der Waals surface area contributed by atoms with Gasteiger partial charge in [0.15, 0.2) is 0 Å². The lowest BCUT2D eigenvalue weighted by molar-refractivity contribution is -0.141. The summed E-state index contributed by atoms with van der Waals surface area (Å²) in [6.07, 6.45) is -7.67. The standard InChI is InChI=1S/C15H25NO6/c1-8(16)6-9-2-4-10(5-3-9)12(19)14(21)15(22)13(20)11(18)7-17/h2-5,8,11-15,17-22H,6-7,16H2,1H3/t8?,11-,12?,13-,14-,15+/m1/s1. The summed E-state index contributed by atoms with van der Waals surface area (Å²) in [6, 6.07) is 6.68. The summed E-state index contributed by atoms with van der Waals surface area (Å²) in [5.74, 6) is 0. The highest BCUT2D eigenvalue weighted by atomic mass is 16.4. The molecule has 0 aliphatic rings. The maximum Gasteiger partial charge on any atom is 0.113 e. The largest absolute Gasteiger partial charge is 0.394 e. The normalized spacial score (nSPS) is 20.0. The van der Waals surface area contributed by atoms with Gasteiger partial charge in [0.2, 0.25) is 0 Å². The molecule has 0 aliphatic heterocycles. The van der Waals surface area contributed by atoms with Gasteiger partial charge in [0, 0.05) is 6.04 Å². The predicted octanol–water partition coefficient (Wildman–Crippen LogP) is -1.95. The van der Waals surface area contributed by atoms with Crippen LogP contribution in [0.25, 0.3) is 0 Å². The monoisotopic (exact) mass is 315 g/mol. The maximum atomic E-state index is 10.0. The molecule has 7 nitrogen and oxygen atoms in total. The van der Waals surface area contributed by atoms with E-state index in [1.807, 2.05) is 6.92 Å². The van der Waals surface area contributed by atoms with Crippen LogP contribution in [0.1, 0.15) is 24.2 Å². The van der Waals surface area contributed by atoms with Crippen LogP contribution in [0.5, 0.6) is 0 Å². The van der Waals surface area contributed by atoms with Crippen molar-refractivity contribution in [3.8, 4) is 0 Å². The molecule has 1 aromatic rings. The molecule has 8 N–H and O–H groups in total. The number of rotatable bonds is 8. The second-order valence-corrected chi connectivity index (χ2v) is 5.59. The first-order chi connectivity index (χ1) is 10.3. The lowest BCUT2D eigenvalue weighted by Crippen LogP contribution is -2.47. The van der Waals surface area contributed by atoms with Crippen molar-refractivity contribution in [2.24, 2.45) is 5.73 Å². The average molecular weight is 315 g/mol. The van der Waals surface area contributed by atoms with Gasteiger partial charge in [-0.15, -0.1) is 0 Å². The summed E-state index contributed by atoms with van der Waals surface area (Å²) in [6.45, 7) is 1.10. The van der Waals surface area contributed by atoms with Crippen molar-refractivity contribution in [1.82, 2.24) is 0 Å². The first kappa shape index (κ1) is 19.0. The molecule has 6 atom stereocenters. The Morgan fingerprint density at radius 2 is 1.45 bits per heavy atom. The average Bonchev–Trinajstić information content (AvgIpc) is 2.51. The van der Waals surface area contributed by atoms with Crippen molar-refractivity contribution in [3.05, 3.63) is 35.4 Å². The highest BCUT2D eigenvalue weighted by molar-refractivity contribution is 5.25. The topological polar surface area (TPSA) is 147 Å². The van der Waals surface area contributed by atoms with Gasteiger partial charge >= 0.3 is 0 Å². The molecule has 22 heavy (non-hydrogen) atoms. The molecule has 0 saturated heterocycles. The van der Waals surface area contributed by atoms with E-state index in [2.05, 4.69) is 0 Å². The highest BCUT2D eigenvalue weighted by Crippen LogP contribution is 2.22. The fourth-order valence-electron chi connectivity index (χ4n) is 2.14. The SMILES string of the molecule is CC(N)Cc1ccc(C(O)[C@@H](O)[C@@H](O)[C@H](O)[C@H](O)CO)cc1. The molecule has 0 heterocycles. The van der Waals surface area contributed by atoms with Crippen molar-refractivity contribution in [1.29, 1.82) is 0 Å². The minimum Gasteiger partial charge on any atom is -0.394 e. The number of hydrogen-bond donors (Lipinski definition) is 7. The van der Waals surface area contributed by atoms with E-state index >= 15 is 0 Å². The summed E-state index contributed by atoms with van der Waals surface area (Å²) < 4.78 is 0. The van der Waals surface area contributed by atoms with Crippen LogP contribution in [0.4, 0.5) is 0 Å². The number of aliphatic hydroxyl groups is 6. The Hall–Kier alpha value is -1.06. The molecule has 126 valence electrons. The minimum absolute atomic E-state index is 0.00157. The van der Waals surface area contributed by atoms with Gasteiger partial charge in [0.05, 0.1) is 6.61 Å². The zero-order valence-electron chi connectivity index (χ0n) is 12.4. The van der Waals surface area contributed by atoms with Gasteiger partial charge in [-0.1, -0.05) is 24.3 Å². The zero-order chi connectivity index (χ0) is 16.9. The van der Waals surface area contributed by atoms with E-state index in [1.54, 1.807) is 24.3 Å². The number of aliphatic hydroxyl groups excluding tert-OH is 6. The third-order valence-electron chi connectivity index (χ3n) is 3.48. The molecule has 1 aromatic carbocycles. The molecule has 7 heteroatoms. The van der Waals surface area contributed by atoms with E-state index in [-0.39, 0.29) is 6.04 Å². The molecule has 0 spiro atoms. The first-order valence-electron chi connectivity index (χ1n) is 7.13. The molecule has 0 saturated carbocycles. The van der Waals surface area contributed by atoms with Gasteiger partial charge in [-0.2, -0.15) is 0 Å². The second kappa shape index (κ2) is 8.54. The second-order valence-electron chi connectivity index (χ2n) is 5.59. The molecule has 0 fully saturated rings. The first-order valence-corrected chi connectivity index (χ1v) is 7.13. The Bertz CT molecular complexity index is 438. The van der Waals surface area contributed by atoms with Gasteiger partial charge in [0.1, 0.15) is 30.5 Å². The molecule has 0 radical (unpaired) electrons. The molecule has 0 aliphatic carbocycles. The van der Waals surface area contributed by atoms with Crippen LogP contribution in [-0.4, -0.2) is 67.7 Å². The van der Waals surface area contributed by atoms with Crippen LogP contribution in [0.2, 0.25) is 0 Å². The summed E-state index contributed by atoms with van der Waals surface area (Å²) in [7, 11) is 0. The summed E-state index contributed by atoms with van der Waals surface area (Å²) >= 11 is 0. The van der Waals surface area contributed by atoms with Gasteiger partial charge in [-0.3, -0.25) is 0 Å². The third-order valence-corrected chi connectivity index (χ3v) is 3.48. The van der Waals surface area contributed by atoms with Crippen LogP contribution in [0.15, 0.2) is 24.3 Å². The fraction of sp³-hybridized carbons (Fsp3) is 0.600. The van der Waals surface area contributed by atoms with E-state index in [0.717, 1.165) is 5.56 Å². The van der Waals surface area contributed by atoms with Gasteiger partial charge < -0.3 is 36.4 Å². The van der Waals surface area contributed by atoms with Gasteiger partial charge in [-0.25, -0.2) is 0 Å². The minimum atomic E-state index is -1.80. The van der Waals surface area contributed by atoms with Crippen molar-refractivity contribution in [2.45, 2.75) is 49.9 Å². The van der Waals surface area contributed by atoms with Gasteiger partial charge in [0.25, 0.3) is 0 Å². The van der Waals surface area contributed by atoms with Crippen LogP contribution < -0.4 is 5.73 Å². The van der Waals surface area contributed by atoms with E-state index in [1.165, 1.54) is 0 Å². The molecule has 2 unspecified atom stereocenters. The van der Waals surface area contributed by atoms with Gasteiger partial charge in [-0.05, 0) is 24.5 Å². The number of nitrogens with two attached hydrogens (primary N) is 1. The Morgan fingerprint density at radius 1 is 0.909 bits per heavy atom. The Labute approximate surface area is 129 Å². The zero-order valence-corrected chi connectivity index (χ0v) is 12.4. The van der Waals surface area contributed by atoms with Crippen LogP contribution >= 0.6 is 0 Å². The van der Waals surface area contributed by atoms with Crippen LogP contribution in [-0.2, 0) is 6.42 Å². The molecule has 0 bridgehead atoms. The highest BCUT2D eigenvalue weighted by Gasteiger charge is 2.34.